The average Bonchev–Trinajstić information content (AvgIpc) is 3.02. The van der Waals surface area contributed by atoms with Crippen LogP contribution in [0.1, 0.15) is 52.4 Å². The minimum absolute atomic E-state index is 0.356. The highest BCUT2D eigenvalue weighted by atomic mass is 16.3. The second kappa shape index (κ2) is 4.24. The molecule has 0 aromatic rings. The maximum absolute atomic E-state index is 11.0. The smallest absolute Gasteiger partial charge is 0.0814 e. The molecule has 0 spiro atoms. The van der Waals surface area contributed by atoms with Gasteiger partial charge in [0, 0.05) is 19.1 Å². The van der Waals surface area contributed by atoms with Gasteiger partial charge in [0.1, 0.15) is 0 Å². The summed E-state index contributed by atoms with van der Waals surface area (Å²) < 4.78 is 0. The molecule has 1 N–H and O–H groups in total. The van der Waals surface area contributed by atoms with E-state index in [-0.39, 0.29) is 5.60 Å². The van der Waals surface area contributed by atoms with Gasteiger partial charge in [-0.3, -0.25) is 4.90 Å². The fraction of sp³-hybridized carbons (Fsp3) is 1.00. The van der Waals surface area contributed by atoms with Gasteiger partial charge in [-0.15, -0.1) is 0 Å². The van der Waals surface area contributed by atoms with Crippen molar-refractivity contribution in [1.82, 2.24) is 4.90 Å². The Kier molecular flexibility index (Phi) is 2.99. The molecule has 0 radical (unpaired) electrons. The van der Waals surface area contributed by atoms with Crippen LogP contribution in [0.2, 0.25) is 0 Å². The molecule has 2 heteroatoms. The Morgan fingerprint density at radius 1 is 1.06 bits per heavy atom. The quantitative estimate of drug-likeness (QED) is 0.798. The Morgan fingerprint density at radius 2 is 1.71 bits per heavy atom. The lowest BCUT2D eigenvalue weighted by Crippen LogP contribution is -2.44. The maximum Gasteiger partial charge on any atom is 0.0814 e. The Morgan fingerprint density at radius 3 is 2.29 bits per heavy atom. The molecule has 2 aliphatic carbocycles. The molecule has 98 valence electrons. The number of hydrogen-bond donors (Lipinski definition) is 1. The summed E-state index contributed by atoms with van der Waals surface area (Å²) in [6.07, 6.45) is 7.62. The van der Waals surface area contributed by atoms with Crippen molar-refractivity contribution in [2.75, 3.05) is 13.1 Å². The summed E-state index contributed by atoms with van der Waals surface area (Å²) in [5, 5.41) is 11.0. The summed E-state index contributed by atoms with van der Waals surface area (Å²) in [6, 6.07) is 0.822. The normalized spacial score (nSPS) is 48.5. The third-order valence-electron chi connectivity index (χ3n) is 5.31. The van der Waals surface area contributed by atoms with E-state index in [4.69, 9.17) is 0 Å². The Bertz CT molecular complexity index is 279. The number of β-amino-alcohol motifs (C(OH)–C–C–N with tert-alkyl or cyclic N) is 1. The third kappa shape index (κ3) is 2.39. The molecular formula is C15H27NO. The summed E-state index contributed by atoms with van der Waals surface area (Å²) in [6.45, 7) is 6.82. The molecule has 1 saturated heterocycles. The van der Waals surface area contributed by atoms with Crippen molar-refractivity contribution >= 4 is 0 Å². The first kappa shape index (κ1) is 12.0. The average molecular weight is 237 g/mol. The zero-order valence-electron chi connectivity index (χ0n) is 11.4. The summed E-state index contributed by atoms with van der Waals surface area (Å²) in [4.78, 5) is 2.55. The van der Waals surface area contributed by atoms with Crippen molar-refractivity contribution in [2.45, 2.75) is 64.0 Å². The van der Waals surface area contributed by atoms with Crippen LogP contribution >= 0.6 is 0 Å². The van der Waals surface area contributed by atoms with Gasteiger partial charge in [-0.2, -0.15) is 0 Å². The first-order chi connectivity index (χ1) is 8.07. The van der Waals surface area contributed by atoms with E-state index in [9.17, 15) is 5.11 Å². The predicted octanol–water partition coefficient (Wildman–Crippen LogP) is 2.66. The minimum Gasteiger partial charge on any atom is -0.388 e. The number of hydrogen-bond acceptors (Lipinski definition) is 2. The van der Waals surface area contributed by atoms with Crippen LogP contribution in [0.5, 0.6) is 0 Å². The first-order valence-electron chi connectivity index (χ1n) is 7.53. The molecule has 0 aromatic carbocycles. The van der Waals surface area contributed by atoms with Gasteiger partial charge in [-0.1, -0.05) is 13.8 Å². The topological polar surface area (TPSA) is 23.5 Å². The van der Waals surface area contributed by atoms with Gasteiger partial charge in [-0.05, 0) is 56.3 Å². The van der Waals surface area contributed by atoms with Crippen LogP contribution in [0.15, 0.2) is 0 Å². The fourth-order valence-corrected chi connectivity index (χ4v) is 4.32. The first-order valence-corrected chi connectivity index (χ1v) is 7.53. The number of rotatable bonds is 2. The van der Waals surface area contributed by atoms with Gasteiger partial charge < -0.3 is 5.11 Å². The molecule has 3 atom stereocenters. The van der Waals surface area contributed by atoms with Gasteiger partial charge in [-0.25, -0.2) is 0 Å². The summed E-state index contributed by atoms with van der Waals surface area (Å²) >= 11 is 0. The highest BCUT2D eigenvalue weighted by Crippen LogP contribution is 2.44. The Labute approximate surface area is 105 Å². The van der Waals surface area contributed by atoms with Crippen LogP contribution in [0.4, 0.5) is 0 Å². The van der Waals surface area contributed by atoms with E-state index in [0.717, 1.165) is 37.4 Å². The lowest BCUT2D eigenvalue weighted by molar-refractivity contribution is -0.0400. The van der Waals surface area contributed by atoms with E-state index >= 15 is 0 Å². The van der Waals surface area contributed by atoms with E-state index in [0.29, 0.717) is 5.92 Å². The van der Waals surface area contributed by atoms with Crippen LogP contribution in [-0.4, -0.2) is 34.7 Å². The second-order valence-electron chi connectivity index (χ2n) is 7.17. The standard InChI is InChI=1S/C15H27NO/c1-11-7-12(2)9-13(8-11)15(17)5-6-16(10-15)14-3-4-14/h11-14,17H,3-10H2,1-2H3. The Hall–Kier alpha value is -0.0800. The van der Waals surface area contributed by atoms with E-state index in [1.54, 1.807) is 0 Å². The molecular weight excluding hydrogens is 210 g/mol. The fourth-order valence-electron chi connectivity index (χ4n) is 4.32. The predicted molar refractivity (Wildman–Crippen MR) is 69.8 cm³/mol. The molecule has 17 heavy (non-hydrogen) atoms. The van der Waals surface area contributed by atoms with Gasteiger partial charge in [0.2, 0.25) is 0 Å². The molecule has 3 fully saturated rings. The molecule has 2 nitrogen and oxygen atoms in total. The van der Waals surface area contributed by atoms with E-state index < -0.39 is 0 Å². The number of aliphatic hydroxyl groups is 1. The summed E-state index contributed by atoms with van der Waals surface area (Å²) in [5.41, 5.74) is -0.356. The monoisotopic (exact) mass is 237 g/mol. The van der Waals surface area contributed by atoms with Crippen molar-refractivity contribution in [2.24, 2.45) is 17.8 Å². The second-order valence-corrected chi connectivity index (χ2v) is 7.17. The Balaban J connectivity index is 1.65. The zero-order valence-corrected chi connectivity index (χ0v) is 11.4. The van der Waals surface area contributed by atoms with Gasteiger partial charge >= 0.3 is 0 Å². The summed E-state index contributed by atoms with van der Waals surface area (Å²) in [5.74, 6) is 2.18. The van der Waals surface area contributed by atoms with Crippen molar-refractivity contribution in [1.29, 1.82) is 0 Å². The van der Waals surface area contributed by atoms with E-state index in [2.05, 4.69) is 18.7 Å². The van der Waals surface area contributed by atoms with E-state index in [1.165, 1.54) is 32.1 Å². The molecule has 0 bridgehead atoms. The van der Waals surface area contributed by atoms with Crippen LogP contribution in [-0.2, 0) is 0 Å². The van der Waals surface area contributed by atoms with Gasteiger partial charge in [0.15, 0.2) is 0 Å². The maximum atomic E-state index is 11.0. The van der Waals surface area contributed by atoms with Gasteiger partial charge in [0.25, 0.3) is 0 Å². The zero-order chi connectivity index (χ0) is 12.0. The van der Waals surface area contributed by atoms with Gasteiger partial charge in [0.05, 0.1) is 5.60 Å². The lowest BCUT2D eigenvalue weighted by Gasteiger charge is -2.40. The van der Waals surface area contributed by atoms with Crippen LogP contribution < -0.4 is 0 Å². The largest absolute Gasteiger partial charge is 0.388 e. The number of likely N-dealkylation sites (tertiary alicyclic amines) is 1. The summed E-state index contributed by atoms with van der Waals surface area (Å²) in [7, 11) is 0. The van der Waals surface area contributed by atoms with Crippen molar-refractivity contribution in [3.8, 4) is 0 Å². The number of nitrogens with zero attached hydrogens (tertiary/aromatic N) is 1. The molecule has 0 aromatic heterocycles. The highest BCUT2D eigenvalue weighted by molar-refractivity contribution is 5.01. The van der Waals surface area contributed by atoms with Crippen LogP contribution in [0.3, 0.4) is 0 Å². The molecule has 3 unspecified atom stereocenters. The van der Waals surface area contributed by atoms with Crippen molar-refractivity contribution in [3.63, 3.8) is 0 Å². The lowest BCUT2D eigenvalue weighted by atomic mass is 9.69. The highest BCUT2D eigenvalue weighted by Gasteiger charge is 2.47. The minimum atomic E-state index is -0.356. The molecule has 3 rings (SSSR count). The van der Waals surface area contributed by atoms with Crippen LogP contribution in [0.25, 0.3) is 0 Å². The third-order valence-corrected chi connectivity index (χ3v) is 5.31. The molecule has 1 heterocycles. The van der Waals surface area contributed by atoms with Crippen LogP contribution in [0, 0.1) is 17.8 Å². The van der Waals surface area contributed by atoms with Crippen molar-refractivity contribution < 1.29 is 5.11 Å². The van der Waals surface area contributed by atoms with Crippen molar-refractivity contribution in [3.05, 3.63) is 0 Å². The molecule has 2 saturated carbocycles. The molecule has 1 aliphatic heterocycles. The SMILES string of the molecule is CC1CC(C)CC(C2(O)CCN(C3CC3)C2)C1. The molecule has 3 aliphatic rings. The van der Waals surface area contributed by atoms with E-state index in [1.807, 2.05) is 0 Å². The molecule has 0 amide bonds.